The first-order chi connectivity index (χ1) is 7.13. The highest BCUT2D eigenvalue weighted by Crippen LogP contribution is 2.06. The summed E-state index contributed by atoms with van der Waals surface area (Å²) in [5.41, 5.74) is 2.01. The predicted octanol–water partition coefficient (Wildman–Crippen LogP) is 0.737. The Morgan fingerprint density at radius 2 is 2.07 bits per heavy atom. The highest BCUT2D eigenvalue weighted by Gasteiger charge is 2.16. The largest absolute Gasteiger partial charge is 0.480 e. The lowest BCUT2D eigenvalue weighted by Crippen LogP contribution is -2.37. The summed E-state index contributed by atoms with van der Waals surface area (Å²) >= 11 is 0. The third kappa shape index (κ3) is 3.42. The second kappa shape index (κ2) is 5.14. The smallest absolute Gasteiger partial charge is 0.326 e. The number of carboxylic acid groups (broad SMARTS) is 1. The zero-order valence-electron chi connectivity index (χ0n) is 8.43. The Bertz CT molecular complexity index is 345. The number of nitrogens with one attached hydrogen (secondary N) is 1. The van der Waals surface area contributed by atoms with Gasteiger partial charge in [-0.2, -0.15) is 0 Å². The molecule has 1 atom stereocenters. The molecule has 0 fully saturated rings. The van der Waals surface area contributed by atoms with Crippen LogP contribution in [0.4, 0.5) is 0 Å². The Kier molecular flexibility index (Phi) is 3.85. The lowest BCUT2D eigenvalue weighted by molar-refractivity contribution is -0.140. The van der Waals surface area contributed by atoms with Crippen LogP contribution in [0, 0.1) is 6.92 Å². The Hall–Kier alpha value is -1.84. The summed E-state index contributed by atoms with van der Waals surface area (Å²) in [5, 5.41) is 11.1. The van der Waals surface area contributed by atoms with Crippen LogP contribution in [-0.4, -0.2) is 23.5 Å². The van der Waals surface area contributed by atoms with Crippen molar-refractivity contribution in [3.05, 3.63) is 35.4 Å². The standard InChI is InChI=1S/C11H13NO3/c1-8-2-4-9(5-3-8)6-10(11(14)15)12-7-13/h2-5,7,10H,6H2,1H3,(H,12,13)(H,14,15). The van der Waals surface area contributed by atoms with Gasteiger partial charge in [0.05, 0.1) is 0 Å². The minimum Gasteiger partial charge on any atom is -0.480 e. The van der Waals surface area contributed by atoms with Crippen molar-refractivity contribution in [2.24, 2.45) is 0 Å². The van der Waals surface area contributed by atoms with E-state index in [9.17, 15) is 9.59 Å². The lowest BCUT2D eigenvalue weighted by atomic mass is 10.0. The summed E-state index contributed by atoms with van der Waals surface area (Å²) in [7, 11) is 0. The second-order valence-corrected chi connectivity index (χ2v) is 3.37. The third-order valence-corrected chi connectivity index (χ3v) is 2.13. The number of amides is 1. The van der Waals surface area contributed by atoms with Crippen molar-refractivity contribution >= 4 is 12.4 Å². The molecule has 15 heavy (non-hydrogen) atoms. The van der Waals surface area contributed by atoms with Crippen molar-refractivity contribution < 1.29 is 14.7 Å². The van der Waals surface area contributed by atoms with Gasteiger partial charge in [-0.1, -0.05) is 29.8 Å². The zero-order valence-corrected chi connectivity index (χ0v) is 8.43. The van der Waals surface area contributed by atoms with Crippen LogP contribution in [0.5, 0.6) is 0 Å². The van der Waals surface area contributed by atoms with Crippen molar-refractivity contribution in [1.82, 2.24) is 5.32 Å². The topological polar surface area (TPSA) is 66.4 Å². The molecule has 0 aromatic heterocycles. The molecule has 0 spiro atoms. The number of hydrogen-bond donors (Lipinski definition) is 2. The van der Waals surface area contributed by atoms with Crippen molar-refractivity contribution in [1.29, 1.82) is 0 Å². The molecule has 1 amide bonds. The summed E-state index contributed by atoms with van der Waals surface area (Å²) in [6, 6.07) is 6.69. The molecule has 1 rings (SSSR count). The van der Waals surface area contributed by atoms with Crippen molar-refractivity contribution in [3.8, 4) is 0 Å². The monoisotopic (exact) mass is 207 g/mol. The number of aryl methyl sites for hydroxylation is 1. The van der Waals surface area contributed by atoms with Gasteiger partial charge in [0.15, 0.2) is 0 Å². The number of carbonyl (C=O) groups excluding carboxylic acids is 1. The summed E-state index contributed by atoms with van der Waals surface area (Å²) in [4.78, 5) is 20.9. The van der Waals surface area contributed by atoms with Gasteiger partial charge in [0.25, 0.3) is 0 Å². The average molecular weight is 207 g/mol. The zero-order chi connectivity index (χ0) is 11.3. The molecule has 1 aromatic carbocycles. The summed E-state index contributed by atoms with van der Waals surface area (Å²) in [5.74, 6) is -1.03. The van der Waals surface area contributed by atoms with Gasteiger partial charge < -0.3 is 10.4 Å². The Morgan fingerprint density at radius 1 is 1.47 bits per heavy atom. The van der Waals surface area contributed by atoms with Crippen molar-refractivity contribution in [3.63, 3.8) is 0 Å². The van der Waals surface area contributed by atoms with Gasteiger partial charge in [0, 0.05) is 6.42 Å². The predicted molar refractivity (Wildman–Crippen MR) is 55.5 cm³/mol. The molecular formula is C11H13NO3. The number of rotatable bonds is 5. The first kappa shape index (κ1) is 11.2. The fraction of sp³-hybridized carbons (Fsp3) is 0.273. The van der Waals surface area contributed by atoms with Crippen LogP contribution in [0.3, 0.4) is 0 Å². The Morgan fingerprint density at radius 3 is 2.53 bits per heavy atom. The molecule has 0 saturated carbocycles. The maximum atomic E-state index is 10.7. The van der Waals surface area contributed by atoms with E-state index in [0.29, 0.717) is 12.8 Å². The van der Waals surface area contributed by atoms with Gasteiger partial charge in [-0.25, -0.2) is 4.79 Å². The van der Waals surface area contributed by atoms with E-state index in [0.717, 1.165) is 11.1 Å². The maximum Gasteiger partial charge on any atom is 0.326 e. The number of carbonyl (C=O) groups is 2. The van der Waals surface area contributed by atoms with Crippen LogP contribution >= 0.6 is 0 Å². The molecule has 0 saturated heterocycles. The first-order valence-corrected chi connectivity index (χ1v) is 4.61. The summed E-state index contributed by atoms with van der Waals surface area (Å²) in [6.07, 6.45) is 0.710. The second-order valence-electron chi connectivity index (χ2n) is 3.37. The summed E-state index contributed by atoms with van der Waals surface area (Å²) in [6.45, 7) is 1.96. The van der Waals surface area contributed by atoms with E-state index in [-0.39, 0.29) is 0 Å². The number of carboxylic acids is 1. The molecular weight excluding hydrogens is 194 g/mol. The molecule has 0 bridgehead atoms. The van der Waals surface area contributed by atoms with Gasteiger partial charge in [0.2, 0.25) is 6.41 Å². The van der Waals surface area contributed by atoms with E-state index in [4.69, 9.17) is 5.11 Å². The van der Waals surface area contributed by atoms with Gasteiger partial charge >= 0.3 is 5.97 Å². The van der Waals surface area contributed by atoms with Crippen LogP contribution < -0.4 is 5.32 Å². The fourth-order valence-electron chi connectivity index (χ4n) is 1.26. The molecule has 80 valence electrons. The molecule has 0 aliphatic rings. The molecule has 0 heterocycles. The Balaban J connectivity index is 2.69. The van der Waals surface area contributed by atoms with Crippen LogP contribution in [0.1, 0.15) is 11.1 Å². The summed E-state index contributed by atoms with van der Waals surface area (Å²) < 4.78 is 0. The minimum atomic E-state index is -1.03. The van der Waals surface area contributed by atoms with E-state index in [1.54, 1.807) is 0 Å². The van der Waals surface area contributed by atoms with Crippen LogP contribution in [0.2, 0.25) is 0 Å². The molecule has 0 aliphatic heterocycles. The van der Waals surface area contributed by atoms with Gasteiger partial charge in [-0.05, 0) is 12.5 Å². The number of hydrogen-bond acceptors (Lipinski definition) is 2. The van der Waals surface area contributed by atoms with Gasteiger partial charge in [-0.3, -0.25) is 4.79 Å². The van der Waals surface area contributed by atoms with Crippen LogP contribution in [0.25, 0.3) is 0 Å². The molecule has 4 heteroatoms. The highest BCUT2D eigenvalue weighted by molar-refractivity contribution is 5.76. The van der Waals surface area contributed by atoms with Gasteiger partial charge in [0.1, 0.15) is 6.04 Å². The number of aliphatic carboxylic acids is 1. The Labute approximate surface area is 87.9 Å². The molecule has 0 radical (unpaired) electrons. The number of benzene rings is 1. The fourth-order valence-corrected chi connectivity index (χ4v) is 1.26. The molecule has 1 unspecified atom stereocenters. The first-order valence-electron chi connectivity index (χ1n) is 4.61. The van der Waals surface area contributed by atoms with Crippen molar-refractivity contribution in [2.75, 3.05) is 0 Å². The normalized spacial score (nSPS) is 11.8. The molecule has 0 aliphatic carbocycles. The average Bonchev–Trinajstić information content (AvgIpc) is 2.20. The highest BCUT2D eigenvalue weighted by atomic mass is 16.4. The maximum absolute atomic E-state index is 10.7. The molecule has 4 nitrogen and oxygen atoms in total. The van der Waals surface area contributed by atoms with E-state index in [2.05, 4.69) is 5.32 Å². The van der Waals surface area contributed by atoms with E-state index >= 15 is 0 Å². The van der Waals surface area contributed by atoms with E-state index < -0.39 is 12.0 Å². The van der Waals surface area contributed by atoms with Gasteiger partial charge in [-0.15, -0.1) is 0 Å². The molecule has 2 N–H and O–H groups in total. The van der Waals surface area contributed by atoms with Crippen LogP contribution in [-0.2, 0) is 16.0 Å². The van der Waals surface area contributed by atoms with E-state index in [1.165, 1.54) is 0 Å². The van der Waals surface area contributed by atoms with Crippen molar-refractivity contribution in [2.45, 2.75) is 19.4 Å². The molecule has 1 aromatic rings. The lowest BCUT2D eigenvalue weighted by Gasteiger charge is -2.10. The third-order valence-electron chi connectivity index (χ3n) is 2.13. The van der Waals surface area contributed by atoms with E-state index in [1.807, 2.05) is 31.2 Å². The minimum absolute atomic E-state index is 0.300. The van der Waals surface area contributed by atoms with Crippen LogP contribution in [0.15, 0.2) is 24.3 Å². The SMILES string of the molecule is Cc1ccc(CC(NC=O)C(=O)O)cc1. The quantitative estimate of drug-likeness (QED) is 0.700.